The van der Waals surface area contributed by atoms with E-state index in [1.54, 1.807) is 0 Å². The first-order chi connectivity index (χ1) is 7.31. The van der Waals surface area contributed by atoms with Crippen molar-refractivity contribution in [2.24, 2.45) is 5.92 Å². The van der Waals surface area contributed by atoms with E-state index in [4.69, 9.17) is 4.74 Å². The smallest absolute Gasteiger partial charge is 0.239 e. The van der Waals surface area contributed by atoms with Gasteiger partial charge in [-0.1, -0.05) is 0 Å². The van der Waals surface area contributed by atoms with Gasteiger partial charge < -0.3 is 15.0 Å². The van der Waals surface area contributed by atoms with Crippen LogP contribution in [-0.2, 0) is 9.53 Å². The van der Waals surface area contributed by atoms with Gasteiger partial charge in [-0.05, 0) is 32.2 Å². The molecule has 4 heteroatoms. The quantitative estimate of drug-likeness (QED) is 0.728. The van der Waals surface area contributed by atoms with Crippen molar-refractivity contribution < 1.29 is 9.53 Å². The molecule has 0 radical (unpaired) electrons. The first-order valence-corrected chi connectivity index (χ1v) is 5.85. The minimum Gasteiger partial charge on any atom is -0.381 e. The number of nitrogens with one attached hydrogen (secondary N) is 1. The third-order valence-electron chi connectivity index (χ3n) is 3.47. The van der Waals surface area contributed by atoms with Crippen molar-refractivity contribution in [3.05, 3.63) is 0 Å². The molecule has 2 rings (SSSR count). The molecule has 1 amide bonds. The van der Waals surface area contributed by atoms with Gasteiger partial charge in [-0.25, -0.2) is 0 Å². The third kappa shape index (κ3) is 2.49. The van der Waals surface area contributed by atoms with Crippen molar-refractivity contribution in [2.75, 3.05) is 33.4 Å². The van der Waals surface area contributed by atoms with E-state index in [9.17, 15) is 4.79 Å². The fraction of sp³-hybridized carbons (Fsp3) is 0.909. The van der Waals surface area contributed by atoms with Gasteiger partial charge in [0.15, 0.2) is 0 Å². The molecule has 2 heterocycles. The summed E-state index contributed by atoms with van der Waals surface area (Å²) >= 11 is 0. The van der Waals surface area contributed by atoms with Gasteiger partial charge in [0.1, 0.15) is 0 Å². The summed E-state index contributed by atoms with van der Waals surface area (Å²) in [6.45, 7) is 3.58. The average Bonchev–Trinajstić information content (AvgIpc) is 2.62. The van der Waals surface area contributed by atoms with Gasteiger partial charge in [0, 0.05) is 26.3 Å². The second-order valence-corrected chi connectivity index (χ2v) is 4.47. The van der Waals surface area contributed by atoms with Crippen LogP contribution in [0.1, 0.15) is 19.3 Å². The normalized spacial score (nSPS) is 28.7. The number of nitrogens with zero attached hydrogens (tertiary/aromatic N) is 1. The summed E-state index contributed by atoms with van der Waals surface area (Å²) in [6.07, 6.45) is 3.17. The molecule has 0 aromatic carbocycles. The Labute approximate surface area is 91.0 Å². The van der Waals surface area contributed by atoms with Gasteiger partial charge in [-0.15, -0.1) is 0 Å². The molecule has 15 heavy (non-hydrogen) atoms. The Kier molecular flexibility index (Phi) is 3.59. The van der Waals surface area contributed by atoms with E-state index in [1.165, 1.54) is 0 Å². The summed E-state index contributed by atoms with van der Waals surface area (Å²) in [4.78, 5) is 13.9. The van der Waals surface area contributed by atoms with Crippen molar-refractivity contribution in [1.29, 1.82) is 0 Å². The maximum absolute atomic E-state index is 11.8. The number of carbonyl (C=O) groups excluding carboxylic acids is 1. The van der Waals surface area contributed by atoms with E-state index < -0.39 is 0 Å². The second-order valence-electron chi connectivity index (χ2n) is 4.47. The molecule has 2 fully saturated rings. The first-order valence-electron chi connectivity index (χ1n) is 5.85. The summed E-state index contributed by atoms with van der Waals surface area (Å²) in [5.41, 5.74) is 0. The highest BCUT2D eigenvalue weighted by Gasteiger charge is 2.31. The van der Waals surface area contributed by atoms with Crippen LogP contribution in [-0.4, -0.2) is 50.2 Å². The lowest BCUT2D eigenvalue weighted by Crippen LogP contribution is -2.39. The minimum absolute atomic E-state index is 0.0600. The van der Waals surface area contributed by atoms with Gasteiger partial charge in [-0.2, -0.15) is 0 Å². The van der Waals surface area contributed by atoms with Crippen molar-refractivity contribution in [3.8, 4) is 0 Å². The van der Waals surface area contributed by atoms with E-state index in [0.717, 1.165) is 45.6 Å². The zero-order valence-corrected chi connectivity index (χ0v) is 9.37. The molecular formula is C11H20N2O2. The Bertz CT molecular complexity index is 227. The van der Waals surface area contributed by atoms with E-state index >= 15 is 0 Å². The van der Waals surface area contributed by atoms with E-state index in [2.05, 4.69) is 5.32 Å². The molecule has 0 aromatic heterocycles. The van der Waals surface area contributed by atoms with Crippen LogP contribution in [0.4, 0.5) is 0 Å². The molecule has 0 spiro atoms. The number of amides is 1. The Hall–Kier alpha value is -0.610. The Morgan fingerprint density at radius 2 is 2.13 bits per heavy atom. The summed E-state index contributed by atoms with van der Waals surface area (Å²) in [7, 11) is 1.86. The van der Waals surface area contributed by atoms with Crippen LogP contribution in [0.15, 0.2) is 0 Å². The number of likely N-dealkylation sites (N-methyl/N-ethyl adjacent to an activating group) is 1. The van der Waals surface area contributed by atoms with Crippen LogP contribution >= 0.6 is 0 Å². The molecule has 0 aliphatic carbocycles. The molecule has 2 aliphatic rings. The van der Waals surface area contributed by atoms with Crippen LogP contribution in [0.2, 0.25) is 0 Å². The Morgan fingerprint density at radius 3 is 2.73 bits per heavy atom. The van der Waals surface area contributed by atoms with Crippen LogP contribution in [0.5, 0.6) is 0 Å². The summed E-state index contributed by atoms with van der Waals surface area (Å²) in [5, 5.41) is 3.06. The average molecular weight is 212 g/mol. The molecule has 1 N–H and O–H groups in total. The van der Waals surface area contributed by atoms with Gasteiger partial charge in [0.25, 0.3) is 0 Å². The van der Waals surface area contributed by atoms with Crippen LogP contribution in [0, 0.1) is 5.92 Å². The highest BCUT2D eigenvalue weighted by molar-refractivity contribution is 5.83. The van der Waals surface area contributed by atoms with Gasteiger partial charge in [0.05, 0.1) is 6.04 Å². The van der Waals surface area contributed by atoms with Crippen LogP contribution in [0.25, 0.3) is 0 Å². The van der Waals surface area contributed by atoms with Gasteiger partial charge in [0.2, 0.25) is 5.91 Å². The zero-order chi connectivity index (χ0) is 10.7. The molecule has 0 saturated carbocycles. The number of ether oxygens (including phenoxy) is 1. The molecule has 4 nitrogen and oxygen atoms in total. The van der Waals surface area contributed by atoms with E-state index in [-0.39, 0.29) is 11.9 Å². The highest BCUT2D eigenvalue weighted by Crippen LogP contribution is 2.19. The molecule has 0 aromatic rings. The summed E-state index contributed by atoms with van der Waals surface area (Å²) in [5.74, 6) is 0.933. The zero-order valence-electron chi connectivity index (χ0n) is 9.37. The topological polar surface area (TPSA) is 41.6 Å². The number of carbonyl (C=O) groups is 1. The van der Waals surface area contributed by atoms with E-state index in [0.29, 0.717) is 5.92 Å². The maximum Gasteiger partial charge on any atom is 0.239 e. The van der Waals surface area contributed by atoms with Crippen LogP contribution < -0.4 is 5.32 Å². The highest BCUT2D eigenvalue weighted by atomic mass is 16.5. The molecule has 0 bridgehead atoms. The van der Waals surface area contributed by atoms with Crippen molar-refractivity contribution in [3.63, 3.8) is 0 Å². The van der Waals surface area contributed by atoms with E-state index in [1.807, 2.05) is 11.9 Å². The molecule has 1 atom stereocenters. The van der Waals surface area contributed by atoms with Crippen molar-refractivity contribution in [1.82, 2.24) is 10.2 Å². The molecule has 2 aliphatic heterocycles. The fourth-order valence-corrected chi connectivity index (χ4v) is 2.43. The van der Waals surface area contributed by atoms with Crippen LogP contribution in [0.3, 0.4) is 0 Å². The minimum atomic E-state index is 0.0600. The Morgan fingerprint density at radius 1 is 1.40 bits per heavy atom. The number of hydrogen-bond acceptors (Lipinski definition) is 3. The molecule has 2 saturated heterocycles. The molecule has 1 unspecified atom stereocenters. The van der Waals surface area contributed by atoms with Crippen molar-refractivity contribution >= 4 is 5.91 Å². The van der Waals surface area contributed by atoms with Gasteiger partial charge >= 0.3 is 0 Å². The summed E-state index contributed by atoms with van der Waals surface area (Å²) in [6, 6.07) is 0.0600. The fourth-order valence-electron chi connectivity index (χ4n) is 2.43. The first kappa shape index (κ1) is 10.9. The lowest BCUT2D eigenvalue weighted by molar-refractivity contribution is -0.130. The lowest BCUT2D eigenvalue weighted by atomic mass is 10.00. The predicted molar refractivity (Wildman–Crippen MR) is 57.6 cm³/mol. The SMILES string of the molecule is CNC1CCN(CC2CCOCC2)C1=O. The lowest BCUT2D eigenvalue weighted by Gasteiger charge is -2.27. The molecular weight excluding hydrogens is 192 g/mol. The number of likely N-dealkylation sites (tertiary alicyclic amines) is 1. The maximum atomic E-state index is 11.8. The number of hydrogen-bond donors (Lipinski definition) is 1. The Balaban J connectivity index is 1.82. The van der Waals surface area contributed by atoms with Crippen molar-refractivity contribution in [2.45, 2.75) is 25.3 Å². The monoisotopic (exact) mass is 212 g/mol. The standard InChI is InChI=1S/C11H20N2O2/c1-12-10-2-5-13(11(10)14)8-9-3-6-15-7-4-9/h9-10,12H,2-8H2,1H3. The predicted octanol–water partition coefficient (Wildman–Crippen LogP) is 0.233. The second kappa shape index (κ2) is 4.94. The molecule has 86 valence electrons. The largest absolute Gasteiger partial charge is 0.381 e. The summed E-state index contributed by atoms with van der Waals surface area (Å²) < 4.78 is 5.32. The third-order valence-corrected chi connectivity index (χ3v) is 3.47. The number of rotatable bonds is 3. The van der Waals surface area contributed by atoms with Gasteiger partial charge in [-0.3, -0.25) is 4.79 Å².